The van der Waals surface area contributed by atoms with Gasteiger partial charge < -0.3 is 14.2 Å². The van der Waals surface area contributed by atoms with Crippen molar-refractivity contribution in [2.24, 2.45) is 0 Å². The normalized spacial score (nSPS) is 24.1. The van der Waals surface area contributed by atoms with E-state index in [2.05, 4.69) is 29.2 Å². The molecule has 0 aromatic heterocycles. The minimum Gasteiger partial charge on any atom is -0.379 e. The summed E-state index contributed by atoms with van der Waals surface area (Å²) < 4.78 is 48.6. The Morgan fingerprint density at radius 1 is 0.833 bits per heavy atom. The summed E-state index contributed by atoms with van der Waals surface area (Å²) >= 11 is 0. The molecule has 2 heterocycles. The Morgan fingerprint density at radius 3 is 1.94 bits per heavy atom. The van der Waals surface area contributed by atoms with Crippen molar-refractivity contribution in [1.29, 1.82) is 0 Å². The quantitative estimate of drug-likeness (QED) is 0.292. The van der Waals surface area contributed by atoms with E-state index < -0.39 is 15.7 Å². The van der Waals surface area contributed by atoms with E-state index in [0.717, 1.165) is 16.7 Å². The van der Waals surface area contributed by atoms with E-state index in [1.807, 2.05) is 43.3 Å². The van der Waals surface area contributed by atoms with E-state index in [4.69, 9.17) is 18.4 Å². The van der Waals surface area contributed by atoms with Crippen LogP contribution in [0.25, 0.3) is 0 Å². The van der Waals surface area contributed by atoms with Gasteiger partial charge in [-0.25, -0.2) is 4.90 Å². The van der Waals surface area contributed by atoms with Crippen LogP contribution < -0.4 is 0 Å². The van der Waals surface area contributed by atoms with Gasteiger partial charge >= 0.3 is 0 Å². The lowest BCUT2D eigenvalue weighted by Gasteiger charge is -2.34. The molecule has 0 amide bonds. The highest BCUT2D eigenvalue weighted by molar-refractivity contribution is 7.86. The van der Waals surface area contributed by atoms with Crippen LogP contribution in [-0.2, 0) is 28.5 Å². The number of fused-ring (bicyclic) bond motifs is 1. The summed E-state index contributed by atoms with van der Waals surface area (Å²) in [5.74, 6) is 0. The number of nitrogens with zero attached hydrogens (tertiary/aromatic N) is 1. The topological polar surface area (TPSA) is 74.3 Å². The molecule has 0 N–H and O–H groups in total. The summed E-state index contributed by atoms with van der Waals surface area (Å²) in [7, 11) is -3.78. The van der Waals surface area contributed by atoms with Crippen molar-refractivity contribution in [1.82, 2.24) is 4.90 Å². The molecule has 2 aliphatic rings. The molecule has 0 aliphatic carbocycles. The highest BCUT2D eigenvalue weighted by Gasteiger charge is 2.56. The molecule has 2 atom stereocenters. The second-order valence-corrected chi connectivity index (χ2v) is 10.9. The van der Waals surface area contributed by atoms with Crippen LogP contribution in [0.3, 0.4) is 0 Å². The van der Waals surface area contributed by atoms with Crippen molar-refractivity contribution in [2.45, 2.75) is 36.2 Å². The van der Waals surface area contributed by atoms with Gasteiger partial charge in [-0.3, -0.25) is 4.18 Å². The molecule has 0 bridgehead atoms. The van der Waals surface area contributed by atoms with Gasteiger partial charge in [-0.05, 0) is 36.6 Å². The van der Waals surface area contributed by atoms with Gasteiger partial charge in [-0.1, -0.05) is 78.4 Å². The minimum atomic E-state index is -3.78. The maximum atomic E-state index is 12.4. The van der Waals surface area contributed by atoms with Crippen LogP contribution in [0.2, 0.25) is 0 Å². The Hall–Kier alpha value is -2.59. The van der Waals surface area contributed by atoms with Crippen molar-refractivity contribution in [2.75, 3.05) is 33.0 Å². The number of hydrogen-bond acceptors (Lipinski definition) is 7. The first-order valence-corrected chi connectivity index (χ1v) is 13.5. The van der Waals surface area contributed by atoms with E-state index in [0.29, 0.717) is 32.8 Å². The second-order valence-electron chi connectivity index (χ2n) is 9.27. The molecule has 2 unspecified atom stereocenters. The third-order valence-corrected chi connectivity index (χ3v) is 7.92. The highest BCUT2D eigenvalue weighted by Crippen LogP contribution is 2.49. The van der Waals surface area contributed by atoms with E-state index in [1.165, 1.54) is 0 Å². The lowest BCUT2D eigenvalue weighted by Crippen LogP contribution is -2.48. The molecule has 3 aromatic rings. The van der Waals surface area contributed by atoms with Crippen LogP contribution in [-0.4, -0.2) is 51.9 Å². The summed E-state index contributed by atoms with van der Waals surface area (Å²) in [5, 5.41) is 0. The summed E-state index contributed by atoms with van der Waals surface area (Å²) in [6, 6.07) is 26.9. The average Bonchev–Trinajstić information content (AvgIpc) is 3.45. The van der Waals surface area contributed by atoms with Gasteiger partial charge in [-0.2, -0.15) is 8.42 Å². The van der Waals surface area contributed by atoms with Crippen molar-refractivity contribution in [3.8, 4) is 0 Å². The molecule has 2 fully saturated rings. The van der Waals surface area contributed by atoms with Crippen LogP contribution >= 0.6 is 0 Å². The largest absolute Gasteiger partial charge is 0.379 e. The smallest absolute Gasteiger partial charge is 0.296 e. The molecule has 2 saturated heterocycles. The van der Waals surface area contributed by atoms with Gasteiger partial charge in [0.2, 0.25) is 0 Å². The molecule has 0 spiro atoms. The molecular formula is C28H31NO6S. The van der Waals surface area contributed by atoms with Gasteiger partial charge in [0.25, 0.3) is 10.1 Å². The zero-order chi connectivity index (χ0) is 25.0. The first-order chi connectivity index (χ1) is 17.5. The Bertz CT molecular complexity index is 1180. The van der Waals surface area contributed by atoms with Crippen molar-refractivity contribution in [3.05, 3.63) is 102 Å². The van der Waals surface area contributed by atoms with Crippen LogP contribution in [0.4, 0.5) is 0 Å². The zero-order valence-corrected chi connectivity index (χ0v) is 21.1. The number of rotatable bonds is 10. The maximum Gasteiger partial charge on any atom is 0.296 e. The Morgan fingerprint density at radius 2 is 1.39 bits per heavy atom. The van der Waals surface area contributed by atoms with E-state index in [1.54, 1.807) is 24.3 Å². The fourth-order valence-electron chi connectivity index (χ4n) is 4.71. The molecule has 3 aromatic carbocycles. The molecule has 0 saturated carbocycles. The van der Waals surface area contributed by atoms with Crippen molar-refractivity contribution in [3.63, 3.8) is 0 Å². The summed E-state index contributed by atoms with van der Waals surface area (Å²) in [5.41, 5.74) is 2.70. The van der Waals surface area contributed by atoms with Crippen LogP contribution in [0.5, 0.6) is 0 Å². The molecule has 0 radical (unpaired) electrons. The second kappa shape index (κ2) is 10.8. The molecule has 2 aliphatic heterocycles. The SMILES string of the molecule is Cc1ccc(S(=O)(=O)OCCCOCC23COC(c4ccccc4)N2C(c2ccccc2)OC3)cc1. The number of ether oxygens (including phenoxy) is 3. The van der Waals surface area contributed by atoms with Gasteiger partial charge in [0.1, 0.15) is 12.5 Å². The summed E-state index contributed by atoms with van der Waals surface area (Å²) in [6.45, 7) is 3.70. The monoisotopic (exact) mass is 509 g/mol. The average molecular weight is 510 g/mol. The van der Waals surface area contributed by atoms with Gasteiger partial charge in [0.15, 0.2) is 0 Å². The lowest BCUT2D eigenvalue weighted by molar-refractivity contribution is -0.0642. The number of aryl methyl sites for hydroxylation is 1. The maximum absolute atomic E-state index is 12.4. The summed E-state index contributed by atoms with van der Waals surface area (Å²) in [4.78, 5) is 2.43. The predicted octanol–water partition coefficient (Wildman–Crippen LogP) is 4.61. The summed E-state index contributed by atoms with van der Waals surface area (Å²) in [6.07, 6.45) is -0.0383. The standard InChI is InChI=1S/C28H31NO6S/c1-22-13-15-25(16-14-22)36(30,31)35-18-8-17-32-19-28-20-33-26(23-9-4-2-5-10-23)29(28)27(34-21-28)24-11-6-3-7-12-24/h2-7,9-16,26-27H,8,17-21H2,1H3. The van der Waals surface area contributed by atoms with E-state index >= 15 is 0 Å². The Balaban J connectivity index is 1.20. The molecule has 190 valence electrons. The third kappa shape index (κ3) is 5.25. The third-order valence-electron chi connectivity index (χ3n) is 6.59. The Kier molecular flexibility index (Phi) is 7.52. The van der Waals surface area contributed by atoms with Crippen molar-refractivity contribution < 1.29 is 26.8 Å². The van der Waals surface area contributed by atoms with Gasteiger partial charge in [-0.15, -0.1) is 0 Å². The predicted molar refractivity (Wildman–Crippen MR) is 135 cm³/mol. The van der Waals surface area contributed by atoms with E-state index in [-0.39, 0.29) is 24.0 Å². The van der Waals surface area contributed by atoms with Crippen LogP contribution in [0.15, 0.2) is 89.8 Å². The fourth-order valence-corrected chi connectivity index (χ4v) is 5.65. The Labute approximate surface area is 212 Å². The van der Waals surface area contributed by atoms with Gasteiger partial charge in [0, 0.05) is 6.61 Å². The number of hydrogen-bond donors (Lipinski definition) is 0. The fraction of sp³-hybridized carbons (Fsp3) is 0.357. The highest BCUT2D eigenvalue weighted by atomic mass is 32.2. The molecule has 8 heteroatoms. The van der Waals surface area contributed by atoms with Crippen LogP contribution in [0, 0.1) is 6.92 Å². The zero-order valence-electron chi connectivity index (χ0n) is 20.3. The lowest BCUT2D eigenvalue weighted by atomic mass is 10.0. The van der Waals surface area contributed by atoms with Crippen LogP contribution in [0.1, 0.15) is 35.6 Å². The number of benzene rings is 3. The first-order valence-electron chi connectivity index (χ1n) is 12.1. The minimum absolute atomic E-state index is 0.0548. The molecule has 5 rings (SSSR count). The van der Waals surface area contributed by atoms with Crippen molar-refractivity contribution >= 4 is 10.1 Å². The van der Waals surface area contributed by atoms with E-state index in [9.17, 15) is 8.42 Å². The first kappa shape index (κ1) is 25.1. The molecule has 7 nitrogen and oxygen atoms in total. The van der Waals surface area contributed by atoms with Gasteiger partial charge in [0.05, 0.1) is 36.9 Å². The molecule has 36 heavy (non-hydrogen) atoms. The molecular weight excluding hydrogens is 478 g/mol.